The van der Waals surface area contributed by atoms with E-state index in [1.54, 1.807) is 0 Å². The molecule has 0 aliphatic heterocycles. The zero-order chi connectivity index (χ0) is 7.56. The van der Waals surface area contributed by atoms with E-state index in [4.69, 9.17) is 5.73 Å². The zero-order valence-electron chi connectivity index (χ0n) is 5.09. The van der Waals surface area contributed by atoms with Crippen LogP contribution in [0.2, 0.25) is 0 Å². The van der Waals surface area contributed by atoms with E-state index in [1.165, 1.54) is 4.35 Å². The summed E-state index contributed by atoms with van der Waals surface area (Å²) in [4.78, 5) is 0. The summed E-state index contributed by atoms with van der Waals surface area (Å²) < 4.78 is 1.46. The quantitative estimate of drug-likeness (QED) is 0.419. The molecule has 1 nitrogen and oxygen atoms in total. The van der Waals surface area contributed by atoms with Gasteiger partial charge in [-0.1, -0.05) is 0 Å². The summed E-state index contributed by atoms with van der Waals surface area (Å²) in [5, 5.41) is 0. The molecule has 2 N–H and O–H groups in total. The van der Waals surface area contributed by atoms with Crippen molar-refractivity contribution in [1.29, 1.82) is 0 Å². The summed E-state index contributed by atoms with van der Waals surface area (Å²) >= 11 is 5.02. The predicted octanol–water partition coefficient (Wildman–Crippen LogP) is 1.83. The monoisotopic (exact) mass is 421 g/mol. The first-order valence-electron chi connectivity index (χ1n) is 2.67. The molecular weight excluding hydrogens is 415 g/mol. The first kappa shape index (κ1) is 9.13. The van der Waals surface area contributed by atoms with Gasteiger partial charge >= 0.3 is 88.2 Å². The van der Waals surface area contributed by atoms with Crippen molar-refractivity contribution in [3.05, 3.63) is 24.3 Å². The summed E-state index contributed by atoms with van der Waals surface area (Å²) in [5.74, 6) is 0. The maximum atomic E-state index is 5.54. The van der Waals surface area contributed by atoms with Gasteiger partial charge in [-0.25, -0.2) is 0 Å². The molecule has 0 fully saturated rings. The summed E-state index contributed by atoms with van der Waals surface area (Å²) in [7, 11) is -0.725. The summed E-state index contributed by atoms with van der Waals surface area (Å²) in [6, 6.07) is 8.17. The predicted molar refractivity (Wildman–Crippen MR) is 64.3 cm³/mol. The zero-order valence-corrected chi connectivity index (χ0v) is 11.3. The second-order valence-electron chi connectivity index (χ2n) is 1.82. The van der Waals surface area contributed by atoms with Gasteiger partial charge in [0.1, 0.15) is 0 Å². The number of benzene rings is 1. The fourth-order valence-electron chi connectivity index (χ4n) is 0.587. The molecule has 1 aromatic carbocycles. The summed E-state index contributed by atoms with van der Waals surface area (Å²) in [6.45, 7) is 0. The molecule has 1 aromatic rings. The molecular formula is C6H6AsI2N. The Morgan fingerprint density at radius 2 is 1.60 bits per heavy atom. The van der Waals surface area contributed by atoms with Gasteiger partial charge in [-0.15, -0.1) is 0 Å². The molecule has 0 unspecified atom stereocenters. The van der Waals surface area contributed by atoms with Crippen molar-refractivity contribution in [3.63, 3.8) is 0 Å². The molecule has 0 amide bonds. The number of nitrogen functional groups attached to an aromatic ring is 1. The second kappa shape index (κ2) is 4.16. The molecule has 4 heteroatoms. The molecule has 10 heavy (non-hydrogen) atoms. The van der Waals surface area contributed by atoms with E-state index in [-0.39, 0.29) is 0 Å². The fourth-order valence-corrected chi connectivity index (χ4v) is 4.72. The average Bonchev–Trinajstić information content (AvgIpc) is 1.88. The van der Waals surface area contributed by atoms with E-state index < -0.39 is 7.95 Å². The van der Waals surface area contributed by atoms with E-state index in [9.17, 15) is 0 Å². The maximum absolute atomic E-state index is 5.54. The van der Waals surface area contributed by atoms with Gasteiger partial charge in [-0.3, -0.25) is 0 Å². The standard InChI is InChI=1S/C6H6AsI2N/c8-7(9)5-1-3-6(10)4-2-5/h1-4H,10H2. The van der Waals surface area contributed by atoms with Crippen LogP contribution in [-0.4, -0.2) is 7.95 Å². The van der Waals surface area contributed by atoms with Crippen LogP contribution in [0, 0.1) is 0 Å². The molecule has 0 aliphatic rings. The number of nitrogens with two attached hydrogens (primary N) is 1. The SMILES string of the molecule is Nc1ccc([As](I)I)cc1. The third kappa shape index (κ3) is 2.58. The van der Waals surface area contributed by atoms with Crippen LogP contribution in [0.5, 0.6) is 0 Å². The van der Waals surface area contributed by atoms with Crippen molar-refractivity contribution in [2.75, 3.05) is 5.73 Å². The van der Waals surface area contributed by atoms with Gasteiger partial charge in [-0.2, -0.15) is 0 Å². The first-order chi connectivity index (χ1) is 4.70. The third-order valence-corrected chi connectivity index (χ3v) is 8.32. The van der Waals surface area contributed by atoms with Gasteiger partial charge < -0.3 is 0 Å². The third-order valence-electron chi connectivity index (χ3n) is 1.09. The number of rotatable bonds is 1. The van der Waals surface area contributed by atoms with E-state index in [2.05, 4.69) is 52.4 Å². The molecule has 1 rings (SSSR count). The van der Waals surface area contributed by atoms with Crippen LogP contribution >= 0.6 is 40.3 Å². The summed E-state index contributed by atoms with van der Waals surface area (Å²) in [5.41, 5.74) is 6.39. The molecule has 0 spiro atoms. The van der Waals surface area contributed by atoms with Crippen molar-refractivity contribution < 1.29 is 0 Å². The molecule has 0 atom stereocenters. The van der Waals surface area contributed by atoms with Crippen LogP contribution in [0.25, 0.3) is 0 Å². The topological polar surface area (TPSA) is 26.0 Å². The molecule has 0 aromatic heterocycles. The number of hydrogen-bond donors (Lipinski definition) is 1. The van der Waals surface area contributed by atoms with Crippen molar-refractivity contribution >= 4 is 58.2 Å². The molecule has 0 heterocycles. The average molecular weight is 421 g/mol. The number of hydrogen-bond acceptors (Lipinski definition) is 1. The molecule has 0 saturated carbocycles. The van der Waals surface area contributed by atoms with Crippen molar-refractivity contribution in [2.24, 2.45) is 0 Å². The Labute approximate surface area is 87.1 Å². The fraction of sp³-hybridized carbons (Fsp3) is 0. The molecule has 0 saturated heterocycles. The Morgan fingerprint density at radius 3 is 2.00 bits per heavy atom. The molecule has 0 aliphatic carbocycles. The van der Waals surface area contributed by atoms with Crippen LogP contribution < -0.4 is 10.1 Å². The molecule has 54 valence electrons. The van der Waals surface area contributed by atoms with Crippen LogP contribution in [0.15, 0.2) is 24.3 Å². The number of halogens is 2. The minimum absolute atomic E-state index is 0.725. The van der Waals surface area contributed by atoms with E-state index >= 15 is 0 Å². The number of anilines is 1. The van der Waals surface area contributed by atoms with Gasteiger partial charge in [0, 0.05) is 0 Å². The van der Waals surface area contributed by atoms with Crippen molar-refractivity contribution in [1.82, 2.24) is 0 Å². The Balaban J connectivity index is 2.89. The first-order valence-corrected chi connectivity index (χ1v) is 15.1. The van der Waals surface area contributed by atoms with Crippen LogP contribution in [0.1, 0.15) is 0 Å². The van der Waals surface area contributed by atoms with E-state index in [1.807, 2.05) is 12.1 Å². The summed E-state index contributed by atoms with van der Waals surface area (Å²) in [6.07, 6.45) is 0. The second-order valence-corrected chi connectivity index (χ2v) is 23.5. The minimum atomic E-state index is -0.725. The van der Waals surface area contributed by atoms with Crippen LogP contribution in [0.3, 0.4) is 0 Å². The Morgan fingerprint density at radius 1 is 1.10 bits per heavy atom. The normalized spacial score (nSPS) is 10.3. The van der Waals surface area contributed by atoms with Gasteiger partial charge in [0.2, 0.25) is 0 Å². The molecule has 0 radical (unpaired) electrons. The van der Waals surface area contributed by atoms with Crippen molar-refractivity contribution in [2.45, 2.75) is 0 Å². The van der Waals surface area contributed by atoms with Gasteiger partial charge in [0.05, 0.1) is 0 Å². The Hall–Kier alpha value is 1.04. The van der Waals surface area contributed by atoms with Crippen LogP contribution in [-0.2, 0) is 0 Å². The van der Waals surface area contributed by atoms with Crippen molar-refractivity contribution in [3.8, 4) is 0 Å². The van der Waals surface area contributed by atoms with Gasteiger partial charge in [-0.05, 0) is 0 Å². The Bertz CT molecular complexity index is 209. The van der Waals surface area contributed by atoms with Gasteiger partial charge in [0.15, 0.2) is 0 Å². The van der Waals surface area contributed by atoms with E-state index in [0.29, 0.717) is 0 Å². The Kier molecular flexibility index (Phi) is 3.80. The van der Waals surface area contributed by atoms with E-state index in [0.717, 1.165) is 5.69 Å². The van der Waals surface area contributed by atoms with Crippen LogP contribution in [0.4, 0.5) is 5.69 Å². The molecule has 0 bridgehead atoms. The van der Waals surface area contributed by atoms with Gasteiger partial charge in [0.25, 0.3) is 0 Å².